The second-order valence-corrected chi connectivity index (χ2v) is 11.8. The highest BCUT2D eigenvalue weighted by Gasteiger charge is 2.31. The van der Waals surface area contributed by atoms with Gasteiger partial charge in [-0.3, -0.25) is 4.79 Å². The summed E-state index contributed by atoms with van der Waals surface area (Å²) in [5.74, 6) is -1.86. The molecule has 0 spiro atoms. The summed E-state index contributed by atoms with van der Waals surface area (Å²) >= 11 is 0. The topological polar surface area (TPSA) is 122 Å². The molecule has 2 heterocycles. The minimum Gasteiger partial charge on any atom is -0.390 e. The number of hydrogen-bond donors (Lipinski definition) is 3. The van der Waals surface area contributed by atoms with Gasteiger partial charge in [0.2, 0.25) is 5.91 Å². The van der Waals surface area contributed by atoms with E-state index >= 15 is 0 Å². The molecule has 4 rings (SSSR count). The van der Waals surface area contributed by atoms with Gasteiger partial charge in [-0.15, -0.1) is 0 Å². The summed E-state index contributed by atoms with van der Waals surface area (Å²) in [6, 6.07) is 8.85. The van der Waals surface area contributed by atoms with Crippen LogP contribution in [0.1, 0.15) is 46.7 Å². The monoisotopic (exact) mass is 547 g/mol. The van der Waals surface area contributed by atoms with E-state index in [4.69, 9.17) is 4.52 Å². The predicted octanol–water partition coefficient (Wildman–Crippen LogP) is 2.71. The van der Waals surface area contributed by atoms with E-state index in [-0.39, 0.29) is 36.5 Å². The Morgan fingerprint density at radius 3 is 2.55 bits per heavy atom. The molecule has 0 radical (unpaired) electrons. The molecule has 0 saturated heterocycles. The van der Waals surface area contributed by atoms with Crippen molar-refractivity contribution in [3.63, 3.8) is 0 Å². The van der Waals surface area contributed by atoms with Crippen LogP contribution < -0.4 is 10.6 Å². The van der Waals surface area contributed by atoms with Crippen molar-refractivity contribution in [2.75, 3.05) is 12.3 Å². The SMILES string of the molecule is CCc1ccc2c(c1)[C@@H](NC[C@@H](O)[C@H](Cc1cc(F)cc(F)c1)NC(=O)Cc1cc(C)no1)CS(=O)(=O)C2. The van der Waals surface area contributed by atoms with Gasteiger partial charge in [-0.05, 0) is 54.2 Å². The van der Waals surface area contributed by atoms with E-state index in [2.05, 4.69) is 15.8 Å². The number of amides is 1. The number of sulfone groups is 1. The molecular weight excluding hydrogens is 516 g/mol. The van der Waals surface area contributed by atoms with Gasteiger partial charge in [0.05, 0.1) is 35.8 Å². The Bertz CT molecular complexity index is 1390. The van der Waals surface area contributed by atoms with Crippen LogP contribution >= 0.6 is 0 Å². The Morgan fingerprint density at radius 2 is 1.89 bits per heavy atom. The van der Waals surface area contributed by atoms with Crippen molar-refractivity contribution < 1.29 is 31.6 Å². The van der Waals surface area contributed by atoms with Crippen LogP contribution in [0.5, 0.6) is 0 Å². The number of carbonyl (C=O) groups excluding carboxylic acids is 1. The van der Waals surface area contributed by atoms with Crippen LogP contribution in [0.25, 0.3) is 0 Å². The summed E-state index contributed by atoms with van der Waals surface area (Å²) in [6.45, 7) is 3.66. The Kier molecular flexibility index (Phi) is 8.59. The molecule has 3 atom stereocenters. The number of nitrogens with one attached hydrogen (secondary N) is 2. The first-order valence-corrected chi connectivity index (χ1v) is 14.2. The van der Waals surface area contributed by atoms with Crippen LogP contribution in [0, 0.1) is 18.6 Å². The molecular formula is C27H31F2N3O5S. The second kappa shape index (κ2) is 11.7. The number of fused-ring (bicyclic) bond motifs is 1. The number of aromatic nitrogens is 1. The van der Waals surface area contributed by atoms with Crippen molar-refractivity contribution >= 4 is 15.7 Å². The van der Waals surface area contributed by atoms with Gasteiger partial charge >= 0.3 is 0 Å². The number of benzene rings is 2. The van der Waals surface area contributed by atoms with Gasteiger partial charge in [0.25, 0.3) is 0 Å². The van der Waals surface area contributed by atoms with Gasteiger partial charge in [0, 0.05) is 24.7 Å². The van der Waals surface area contributed by atoms with E-state index in [0.29, 0.717) is 17.0 Å². The molecule has 2 aromatic carbocycles. The van der Waals surface area contributed by atoms with Crippen LogP contribution in [0.4, 0.5) is 8.78 Å². The highest BCUT2D eigenvalue weighted by Crippen LogP contribution is 2.29. The zero-order chi connectivity index (χ0) is 27.4. The molecule has 0 fully saturated rings. The normalized spacial score (nSPS) is 18.0. The summed E-state index contributed by atoms with van der Waals surface area (Å²) in [7, 11) is -3.36. The first-order chi connectivity index (χ1) is 18.0. The van der Waals surface area contributed by atoms with Crippen molar-refractivity contribution in [3.8, 4) is 0 Å². The molecule has 11 heteroatoms. The van der Waals surface area contributed by atoms with E-state index in [1.54, 1.807) is 13.0 Å². The lowest BCUT2D eigenvalue weighted by Crippen LogP contribution is -2.50. The molecule has 0 bridgehead atoms. The summed E-state index contributed by atoms with van der Waals surface area (Å²) in [5, 5.41) is 20.7. The Labute approximate surface area is 220 Å². The molecule has 0 aliphatic carbocycles. The average molecular weight is 548 g/mol. The third-order valence-corrected chi connectivity index (χ3v) is 8.16. The minimum atomic E-state index is -3.36. The fraction of sp³-hybridized carbons (Fsp3) is 0.407. The molecule has 1 aromatic heterocycles. The first-order valence-electron chi connectivity index (χ1n) is 12.4. The maximum absolute atomic E-state index is 13.8. The minimum absolute atomic E-state index is 0.0437. The zero-order valence-electron chi connectivity index (χ0n) is 21.2. The summed E-state index contributed by atoms with van der Waals surface area (Å²) < 4.78 is 57.8. The molecule has 8 nitrogen and oxygen atoms in total. The number of aliphatic hydroxyl groups is 1. The van der Waals surface area contributed by atoms with Gasteiger partial charge in [0.1, 0.15) is 17.4 Å². The zero-order valence-corrected chi connectivity index (χ0v) is 22.0. The standard InChI is InChI=1S/C27H31F2N3O5S/c1-3-17-4-5-19-14-38(35,36)15-25(23(19)9-17)30-13-26(33)24(10-18-7-20(28)11-21(29)8-18)31-27(34)12-22-6-16(2)32-37-22/h4-9,11,24-26,30,33H,3,10,12-15H2,1-2H3,(H,31,34)/t24-,25-,26+/m0/s1. The maximum atomic E-state index is 13.8. The predicted molar refractivity (Wildman–Crippen MR) is 137 cm³/mol. The molecule has 1 aliphatic rings. The summed E-state index contributed by atoms with van der Waals surface area (Å²) in [4.78, 5) is 12.7. The van der Waals surface area contributed by atoms with Crippen molar-refractivity contribution in [2.24, 2.45) is 0 Å². The average Bonchev–Trinajstić information content (AvgIpc) is 3.24. The van der Waals surface area contributed by atoms with Gasteiger partial charge in [0.15, 0.2) is 9.84 Å². The van der Waals surface area contributed by atoms with E-state index in [1.165, 1.54) is 0 Å². The van der Waals surface area contributed by atoms with E-state index in [1.807, 2.05) is 25.1 Å². The number of aryl methyl sites for hydroxylation is 2. The molecule has 3 N–H and O–H groups in total. The van der Waals surface area contributed by atoms with Crippen molar-refractivity contribution in [1.29, 1.82) is 0 Å². The molecule has 0 saturated carbocycles. The molecule has 204 valence electrons. The van der Waals surface area contributed by atoms with Crippen LogP contribution in [0.2, 0.25) is 0 Å². The number of carbonyl (C=O) groups is 1. The number of rotatable bonds is 10. The van der Waals surface area contributed by atoms with Crippen molar-refractivity contribution in [1.82, 2.24) is 15.8 Å². The fourth-order valence-corrected chi connectivity index (χ4v) is 6.38. The largest absolute Gasteiger partial charge is 0.390 e. The highest BCUT2D eigenvalue weighted by atomic mass is 32.2. The van der Waals surface area contributed by atoms with Crippen LogP contribution in [0.15, 0.2) is 47.0 Å². The van der Waals surface area contributed by atoms with E-state index in [0.717, 1.165) is 35.7 Å². The van der Waals surface area contributed by atoms with E-state index < -0.39 is 45.6 Å². The Hall–Kier alpha value is -3.15. The summed E-state index contributed by atoms with van der Waals surface area (Å²) in [6.07, 6.45) is -0.608. The van der Waals surface area contributed by atoms with Crippen LogP contribution in [-0.4, -0.2) is 49.0 Å². The molecule has 1 amide bonds. The smallest absolute Gasteiger partial charge is 0.228 e. The van der Waals surface area contributed by atoms with E-state index in [9.17, 15) is 27.1 Å². The third kappa shape index (κ3) is 7.24. The molecule has 3 aromatic rings. The number of aliphatic hydroxyl groups excluding tert-OH is 1. The number of nitrogens with zero attached hydrogens (tertiary/aromatic N) is 1. The quantitative estimate of drug-likeness (QED) is 0.357. The van der Waals surface area contributed by atoms with Crippen LogP contribution in [0.3, 0.4) is 0 Å². The first kappa shape index (κ1) is 27.9. The number of hydrogen-bond acceptors (Lipinski definition) is 7. The molecule has 0 unspecified atom stereocenters. The van der Waals surface area contributed by atoms with Gasteiger partial charge in [-0.1, -0.05) is 30.3 Å². The second-order valence-electron chi connectivity index (χ2n) is 9.74. The van der Waals surface area contributed by atoms with Crippen LogP contribution in [-0.2, 0) is 39.6 Å². The maximum Gasteiger partial charge on any atom is 0.228 e. The lowest BCUT2D eigenvalue weighted by Gasteiger charge is -2.30. The summed E-state index contributed by atoms with van der Waals surface area (Å²) in [5.41, 5.74) is 3.50. The Balaban J connectivity index is 1.51. The lowest BCUT2D eigenvalue weighted by atomic mass is 9.97. The highest BCUT2D eigenvalue weighted by molar-refractivity contribution is 7.90. The molecule has 1 aliphatic heterocycles. The molecule has 38 heavy (non-hydrogen) atoms. The third-order valence-electron chi connectivity index (χ3n) is 6.56. The van der Waals surface area contributed by atoms with Gasteiger partial charge < -0.3 is 20.3 Å². The van der Waals surface area contributed by atoms with Crippen molar-refractivity contribution in [3.05, 3.63) is 87.8 Å². The van der Waals surface area contributed by atoms with Gasteiger partial charge in [-0.25, -0.2) is 17.2 Å². The fourth-order valence-electron chi connectivity index (χ4n) is 4.72. The van der Waals surface area contributed by atoms with Crippen molar-refractivity contribution in [2.45, 2.75) is 57.1 Å². The number of halogens is 2. The Morgan fingerprint density at radius 1 is 1.16 bits per heavy atom. The van der Waals surface area contributed by atoms with Gasteiger partial charge in [-0.2, -0.15) is 0 Å². The lowest BCUT2D eigenvalue weighted by molar-refractivity contribution is -0.122.